The molecule has 0 saturated carbocycles. The molecular formula is C18H10FN3. The van der Waals surface area contributed by atoms with Crippen molar-refractivity contribution in [2.75, 3.05) is 0 Å². The summed E-state index contributed by atoms with van der Waals surface area (Å²) in [5, 5.41) is 19.1. The van der Waals surface area contributed by atoms with Crippen LogP contribution in [0, 0.1) is 17.1 Å². The molecule has 1 heterocycles. The van der Waals surface area contributed by atoms with Crippen LogP contribution in [0.25, 0.3) is 32.9 Å². The first-order valence-corrected chi connectivity index (χ1v) is 6.83. The lowest BCUT2D eigenvalue weighted by Gasteiger charge is -2.02. The van der Waals surface area contributed by atoms with E-state index in [-0.39, 0.29) is 5.56 Å². The lowest BCUT2D eigenvalue weighted by molar-refractivity contribution is 0.625. The second-order valence-electron chi connectivity index (χ2n) is 5.12. The molecule has 4 aromatic rings. The molecule has 1 aromatic heterocycles. The second-order valence-corrected chi connectivity index (χ2v) is 5.12. The van der Waals surface area contributed by atoms with E-state index in [9.17, 15) is 4.39 Å². The second kappa shape index (κ2) is 4.68. The first-order valence-electron chi connectivity index (χ1n) is 6.83. The predicted octanol–water partition coefficient (Wildman–Crippen LogP) is 4.39. The van der Waals surface area contributed by atoms with Crippen molar-refractivity contribution >= 4 is 21.7 Å². The number of rotatable bonds is 1. The molecular weight excluding hydrogens is 277 g/mol. The van der Waals surface area contributed by atoms with Crippen LogP contribution in [0.5, 0.6) is 0 Å². The Kier molecular flexibility index (Phi) is 2.67. The van der Waals surface area contributed by atoms with Crippen molar-refractivity contribution in [2.45, 2.75) is 0 Å². The number of benzene rings is 3. The number of nitrogens with zero attached hydrogens (tertiary/aromatic N) is 2. The number of H-pyrrole nitrogens is 1. The molecule has 3 aromatic carbocycles. The van der Waals surface area contributed by atoms with Crippen LogP contribution in [0.2, 0.25) is 0 Å². The molecule has 0 fully saturated rings. The fourth-order valence-electron chi connectivity index (χ4n) is 2.68. The van der Waals surface area contributed by atoms with E-state index < -0.39 is 5.82 Å². The van der Waals surface area contributed by atoms with Gasteiger partial charge in [-0.3, -0.25) is 5.10 Å². The van der Waals surface area contributed by atoms with Gasteiger partial charge in [0.25, 0.3) is 0 Å². The maximum absolute atomic E-state index is 13.7. The van der Waals surface area contributed by atoms with Gasteiger partial charge in [-0.2, -0.15) is 10.4 Å². The highest BCUT2D eigenvalue weighted by atomic mass is 19.1. The summed E-state index contributed by atoms with van der Waals surface area (Å²) in [6.45, 7) is 0. The summed E-state index contributed by atoms with van der Waals surface area (Å²) < 4.78 is 13.7. The molecule has 0 atom stereocenters. The van der Waals surface area contributed by atoms with Gasteiger partial charge in [0, 0.05) is 17.0 Å². The fourth-order valence-corrected chi connectivity index (χ4v) is 2.68. The Balaban J connectivity index is 1.98. The summed E-state index contributed by atoms with van der Waals surface area (Å²) >= 11 is 0. The van der Waals surface area contributed by atoms with Gasteiger partial charge >= 0.3 is 0 Å². The van der Waals surface area contributed by atoms with E-state index in [1.54, 1.807) is 6.07 Å². The number of fused-ring (bicyclic) bond motifs is 2. The minimum Gasteiger partial charge on any atom is -0.277 e. The first kappa shape index (κ1) is 12.5. The first-order chi connectivity index (χ1) is 10.8. The molecule has 4 rings (SSSR count). The van der Waals surface area contributed by atoms with Crippen molar-refractivity contribution in [3.05, 3.63) is 66.0 Å². The molecule has 3 nitrogen and oxygen atoms in total. The van der Waals surface area contributed by atoms with E-state index in [0.29, 0.717) is 5.52 Å². The lowest BCUT2D eigenvalue weighted by Crippen LogP contribution is -1.84. The smallest absolute Gasteiger partial charge is 0.143 e. The lowest BCUT2D eigenvalue weighted by atomic mass is 10.0. The molecule has 4 heteroatoms. The molecule has 0 spiro atoms. The summed E-state index contributed by atoms with van der Waals surface area (Å²) in [6, 6.07) is 18.8. The van der Waals surface area contributed by atoms with Crippen molar-refractivity contribution in [1.82, 2.24) is 10.2 Å². The van der Waals surface area contributed by atoms with Crippen molar-refractivity contribution in [2.24, 2.45) is 0 Å². The van der Waals surface area contributed by atoms with E-state index >= 15 is 0 Å². The van der Waals surface area contributed by atoms with E-state index in [2.05, 4.69) is 10.2 Å². The number of nitriles is 1. The summed E-state index contributed by atoms with van der Waals surface area (Å²) in [6.07, 6.45) is 0. The van der Waals surface area contributed by atoms with Crippen LogP contribution in [0.15, 0.2) is 54.6 Å². The van der Waals surface area contributed by atoms with Crippen LogP contribution in [0.1, 0.15) is 5.56 Å². The molecule has 1 N–H and O–H groups in total. The standard InChI is InChI=1S/C18H10FN3/c19-16-9-17-15(8-14(16)10-20)18(22-21-17)13-6-5-11-3-1-2-4-12(11)7-13/h1-9H,(H,21,22). The van der Waals surface area contributed by atoms with Crippen LogP contribution < -0.4 is 0 Å². The molecule has 0 aliphatic heterocycles. The minimum atomic E-state index is -0.538. The average Bonchev–Trinajstić information content (AvgIpc) is 2.96. The van der Waals surface area contributed by atoms with Crippen LogP contribution in [0.4, 0.5) is 4.39 Å². The highest BCUT2D eigenvalue weighted by molar-refractivity contribution is 5.96. The zero-order valence-corrected chi connectivity index (χ0v) is 11.5. The number of hydrogen-bond donors (Lipinski definition) is 1. The van der Waals surface area contributed by atoms with Gasteiger partial charge < -0.3 is 0 Å². The van der Waals surface area contributed by atoms with Gasteiger partial charge in [-0.05, 0) is 22.9 Å². The van der Waals surface area contributed by atoms with Gasteiger partial charge in [0.15, 0.2) is 0 Å². The van der Waals surface area contributed by atoms with Crippen molar-refractivity contribution < 1.29 is 4.39 Å². The Bertz CT molecular complexity index is 1060. The van der Waals surface area contributed by atoms with Gasteiger partial charge in [0.1, 0.15) is 11.9 Å². The zero-order chi connectivity index (χ0) is 15.1. The van der Waals surface area contributed by atoms with E-state index in [1.165, 1.54) is 6.07 Å². The monoisotopic (exact) mass is 287 g/mol. The van der Waals surface area contributed by atoms with Crippen LogP contribution >= 0.6 is 0 Å². The summed E-state index contributed by atoms with van der Waals surface area (Å²) in [5.41, 5.74) is 2.26. The summed E-state index contributed by atoms with van der Waals surface area (Å²) in [5.74, 6) is -0.538. The van der Waals surface area contributed by atoms with Gasteiger partial charge in [0.2, 0.25) is 0 Å². The Morgan fingerprint density at radius 3 is 2.64 bits per heavy atom. The largest absolute Gasteiger partial charge is 0.277 e. The Labute approximate surface area is 125 Å². The summed E-state index contributed by atoms with van der Waals surface area (Å²) in [4.78, 5) is 0. The van der Waals surface area contributed by atoms with E-state index in [1.807, 2.05) is 48.5 Å². The molecule has 0 amide bonds. The predicted molar refractivity (Wildman–Crippen MR) is 83.7 cm³/mol. The minimum absolute atomic E-state index is 0.0240. The maximum atomic E-state index is 13.7. The maximum Gasteiger partial charge on any atom is 0.143 e. The molecule has 104 valence electrons. The third-order valence-corrected chi connectivity index (χ3v) is 3.79. The Hall–Kier alpha value is -3.19. The fraction of sp³-hybridized carbons (Fsp3) is 0. The van der Waals surface area contributed by atoms with Crippen molar-refractivity contribution in [3.63, 3.8) is 0 Å². The molecule has 0 saturated heterocycles. The molecule has 22 heavy (non-hydrogen) atoms. The molecule has 0 unspecified atom stereocenters. The highest BCUT2D eigenvalue weighted by Crippen LogP contribution is 2.30. The highest BCUT2D eigenvalue weighted by Gasteiger charge is 2.12. The van der Waals surface area contributed by atoms with E-state index in [4.69, 9.17) is 5.26 Å². The molecule has 0 aliphatic rings. The molecule has 0 bridgehead atoms. The normalized spacial score (nSPS) is 10.9. The number of halogens is 1. The average molecular weight is 287 g/mol. The van der Waals surface area contributed by atoms with Gasteiger partial charge in [-0.25, -0.2) is 4.39 Å². The zero-order valence-electron chi connectivity index (χ0n) is 11.5. The Morgan fingerprint density at radius 1 is 1.00 bits per heavy atom. The van der Waals surface area contributed by atoms with E-state index in [0.717, 1.165) is 27.4 Å². The third-order valence-electron chi connectivity index (χ3n) is 3.79. The summed E-state index contributed by atoms with van der Waals surface area (Å²) in [7, 11) is 0. The number of nitrogens with one attached hydrogen (secondary N) is 1. The van der Waals surface area contributed by atoms with Gasteiger partial charge in [0.05, 0.1) is 16.8 Å². The number of aromatic nitrogens is 2. The van der Waals surface area contributed by atoms with Crippen molar-refractivity contribution in [3.8, 4) is 17.3 Å². The number of aromatic amines is 1. The topological polar surface area (TPSA) is 52.5 Å². The van der Waals surface area contributed by atoms with Crippen LogP contribution in [-0.2, 0) is 0 Å². The van der Waals surface area contributed by atoms with Crippen molar-refractivity contribution in [1.29, 1.82) is 5.26 Å². The van der Waals surface area contributed by atoms with Crippen LogP contribution in [-0.4, -0.2) is 10.2 Å². The van der Waals surface area contributed by atoms with Crippen LogP contribution in [0.3, 0.4) is 0 Å². The molecule has 0 radical (unpaired) electrons. The van der Waals surface area contributed by atoms with Gasteiger partial charge in [-0.1, -0.05) is 36.4 Å². The van der Waals surface area contributed by atoms with Gasteiger partial charge in [-0.15, -0.1) is 0 Å². The quantitative estimate of drug-likeness (QED) is 0.564. The third kappa shape index (κ3) is 1.84. The molecule has 0 aliphatic carbocycles. The Morgan fingerprint density at radius 2 is 1.82 bits per heavy atom. The number of hydrogen-bond acceptors (Lipinski definition) is 2. The SMILES string of the molecule is N#Cc1cc2c(-c3ccc4ccccc4c3)n[nH]c2cc1F.